The fourth-order valence-electron chi connectivity index (χ4n) is 1.43. The van der Waals surface area contributed by atoms with E-state index in [0.29, 0.717) is 6.54 Å². The van der Waals surface area contributed by atoms with Crippen molar-refractivity contribution >= 4 is 5.69 Å². The van der Waals surface area contributed by atoms with Crippen LogP contribution in [-0.4, -0.2) is 24.6 Å². The smallest absolute Gasteiger partial charge is 0.269 e. The maximum absolute atomic E-state index is 10.4. The average Bonchev–Trinajstić information content (AvgIpc) is 2.29. The Morgan fingerprint density at radius 1 is 1.25 bits per heavy atom. The first kappa shape index (κ1) is 12.6. The second-order valence-electron chi connectivity index (χ2n) is 3.57. The molecule has 5 heteroatoms. The summed E-state index contributed by atoms with van der Waals surface area (Å²) in [5.74, 6) is 0. The molecule has 1 aromatic carbocycles. The zero-order chi connectivity index (χ0) is 11.8. The number of nitrogens with zero attached hydrogens (tertiary/aromatic N) is 1. The van der Waals surface area contributed by atoms with Gasteiger partial charge in [-0.2, -0.15) is 0 Å². The van der Waals surface area contributed by atoms with Crippen molar-refractivity contribution in [1.29, 1.82) is 0 Å². The first-order chi connectivity index (χ1) is 7.74. The fraction of sp³-hybridized carbons (Fsp3) is 0.455. The van der Waals surface area contributed by atoms with E-state index >= 15 is 0 Å². The second-order valence-corrected chi connectivity index (χ2v) is 3.57. The van der Waals surface area contributed by atoms with Gasteiger partial charge in [-0.3, -0.25) is 10.1 Å². The summed E-state index contributed by atoms with van der Waals surface area (Å²) < 4.78 is 0. The number of nitrogens with one attached hydrogen (secondary N) is 1. The Hall–Kier alpha value is -1.46. The third-order valence-corrected chi connectivity index (χ3v) is 2.29. The van der Waals surface area contributed by atoms with Crippen LogP contribution >= 0.6 is 0 Å². The lowest BCUT2D eigenvalue weighted by atomic mass is 10.1. The summed E-state index contributed by atoms with van der Waals surface area (Å²) in [6.45, 7) is 2.41. The molecule has 0 aliphatic carbocycles. The van der Waals surface area contributed by atoms with E-state index in [9.17, 15) is 10.1 Å². The van der Waals surface area contributed by atoms with Crippen LogP contribution in [0.15, 0.2) is 24.3 Å². The van der Waals surface area contributed by atoms with Crippen molar-refractivity contribution in [3.8, 4) is 0 Å². The third-order valence-electron chi connectivity index (χ3n) is 2.29. The van der Waals surface area contributed by atoms with E-state index in [2.05, 4.69) is 5.32 Å². The van der Waals surface area contributed by atoms with E-state index in [1.54, 1.807) is 24.3 Å². The van der Waals surface area contributed by atoms with E-state index in [1.165, 1.54) is 0 Å². The van der Waals surface area contributed by atoms with E-state index in [-0.39, 0.29) is 10.6 Å². The molecule has 0 bridgehead atoms. The number of benzene rings is 1. The van der Waals surface area contributed by atoms with Gasteiger partial charge in [0.15, 0.2) is 0 Å². The molecule has 0 spiro atoms. The van der Waals surface area contributed by atoms with Crippen LogP contribution < -0.4 is 11.1 Å². The molecule has 0 saturated carbocycles. The van der Waals surface area contributed by atoms with Crippen molar-refractivity contribution in [2.75, 3.05) is 19.6 Å². The van der Waals surface area contributed by atoms with Crippen LogP contribution in [0.3, 0.4) is 0 Å². The SMILES string of the molecule is NCCNCCCc1ccc([N+](=O)[O-])cc1. The van der Waals surface area contributed by atoms with Gasteiger partial charge in [-0.05, 0) is 24.9 Å². The highest BCUT2D eigenvalue weighted by Gasteiger charge is 2.03. The Bertz CT molecular complexity index is 325. The molecule has 1 rings (SSSR count). The highest BCUT2D eigenvalue weighted by Crippen LogP contribution is 2.12. The molecular formula is C11H17N3O2. The number of hydrogen-bond acceptors (Lipinski definition) is 4. The molecule has 3 N–H and O–H groups in total. The van der Waals surface area contributed by atoms with Crippen molar-refractivity contribution in [3.63, 3.8) is 0 Å². The molecule has 16 heavy (non-hydrogen) atoms. The summed E-state index contributed by atoms with van der Waals surface area (Å²) in [7, 11) is 0. The maximum Gasteiger partial charge on any atom is 0.269 e. The van der Waals surface area contributed by atoms with Crippen LogP contribution in [0, 0.1) is 10.1 Å². The number of nitrogens with two attached hydrogens (primary N) is 1. The van der Waals surface area contributed by atoms with Gasteiger partial charge in [-0.15, -0.1) is 0 Å². The van der Waals surface area contributed by atoms with Gasteiger partial charge in [0, 0.05) is 25.2 Å². The minimum absolute atomic E-state index is 0.144. The van der Waals surface area contributed by atoms with Gasteiger partial charge in [0.2, 0.25) is 0 Å². The third kappa shape index (κ3) is 4.37. The predicted octanol–water partition coefficient (Wildman–Crippen LogP) is 1.08. The van der Waals surface area contributed by atoms with E-state index in [4.69, 9.17) is 5.73 Å². The minimum atomic E-state index is -0.382. The van der Waals surface area contributed by atoms with Crippen molar-refractivity contribution in [1.82, 2.24) is 5.32 Å². The number of rotatable bonds is 7. The Balaban J connectivity index is 2.29. The molecule has 0 amide bonds. The Morgan fingerprint density at radius 2 is 1.94 bits per heavy atom. The van der Waals surface area contributed by atoms with Crippen LogP contribution in [0.2, 0.25) is 0 Å². The molecule has 88 valence electrons. The highest BCUT2D eigenvalue weighted by molar-refractivity contribution is 5.32. The van der Waals surface area contributed by atoms with Crippen LogP contribution in [0.4, 0.5) is 5.69 Å². The monoisotopic (exact) mass is 223 g/mol. The number of non-ortho nitro benzene ring substituents is 1. The lowest BCUT2D eigenvalue weighted by molar-refractivity contribution is -0.384. The molecule has 0 fully saturated rings. The van der Waals surface area contributed by atoms with Crippen LogP contribution in [0.1, 0.15) is 12.0 Å². The summed E-state index contributed by atoms with van der Waals surface area (Å²) in [5.41, 5.74) is 6.61. The molecule has 1 aromatic rings. The van der Waals surface area contributed by atoms with E-state index < -0.39 is 0 Å². The lowest BCUT2D eigenvalue weighted by Crippen LogP contribution is -2.23. The fourth-order valence-corrected chi connectivity index (χ4v) is 1.43. The average molecular weight is 223 g/mol. The normalized spacial score (nSPS) is 10.3. The Labute approximate surface area is 94.8 Å². The summed E-state index contributed by atoms with van der Waals surface area (Å²) in [6.07, 6.45) is 1.94. The first-order valence-corrected chi connectivity index (χ1v) is 5.38. The lowest BCUT2D eigenvalue weighted by Gasteiger charge is -2.03. The van der Waals surface area contributed by atoms with E-state index in [1.807, 2.05) is 0 Å². The molecule has 0 aliphatic heterocycles. The molecule has 0 atom stereocenters. The molecule has 0 aromatic heterocycles. The molecule has 0 aliphatic rings. The standard InChI is InChI=1S/C11H17N3O2/c12-7-9-13-8-1-2-10-3-5-11(6-4-10)14(15)16/h3-6,13H,1-2,7-9,12H2. The number of nitro groups is 1. The highest BCUT2D eigenvalue weighted by atomic mass is 16.6. The Kier molecular flexibility index (Phi) is 5.45. The molecule has 0 radical (unpaired) electrons. The molecule has 0 heterocycles. The summed E-state index contributed by atoms with van der Waals surface area (Å²) in [5, 5.41) is 13.6. The Morgan fingerprint density at radius 3 is 2.50 bits per heavy atom. The van der Waals surface area contributed by atoms with Gasteiger partial charge < -0.3 is 11.1 Å². The topological polar surface area (TPSA) is 81.2 Å². The largest absolute Gasteiger partial charge is 0.329 e. The summed E-state index contributed by atoms with van der Waals surface area (Å²) in [4.78, 5) is 10.0. The number of hydrogen-bond donors (Lipinski definition) is 2. The van der Waals surface area contributed by atoms with E-state index in [0.717, 1.165) is 31.5 Å². The van der Waals surface area contributed by atoms with Crippen LogP contribution in [-0.2, 0) is 6.42 Å². The molecule has 5 nitrogen and oxygen atoms in total. The second kappa shape index (κ2) is 6.92. The summed E-state index contributed by atoms with van der Waals surface area (Å²) >= 11 is 0. The first-order valence-electron chi connectivity index (χ1n) is 5.38. The zero-order valence-corrected chi connectivity index (χ0v) is 9.19. The molecule has 0 saturated heterocycles. The maximum atomic E-state index is 10.4. The van der Waals surface area contributed by atoms with Crippen LogP contribution in [0.25, 0.3) is 0 Å². The van der Waals surface area contributed by atoms with Crippen molar-refractivity contribution < 1.29 is 4.92 Å². The number of aryl methyl sites for hydroxylation is 1. The minimum Gasteiger partial charge on any atom is -0.329 e. The zero-order valence-electron chi connectivity index (χ0n) is 9.19. The molecular weight excluding hydrogens is 206 g/mol. The van der Waals surface area contributed by atoms with Crippen molar-refractivity contribution in [2.24, 2.45) is 5.73 Å². The molecule has 0 unspecified atom stereocenters. The van der Waals surface area contributed by atoms with Gasteiger partial charge in [-0.1, -0.05) is 12.1 Å². The van der Waals surface area contributed by atoms with Gasteiger partial charge in [0.25, 0.3) is 5.69 Å². The quantitative estimate of drug-likeness (QED) is 0.411. The van der Waals surface area contributed by atoms with Crippen molar-refractivity contribution in [3.05, 3.63) is 39.9 Å². The van der Waals surface area contributed by atoms with Gasteiger partial charge in [0.1, 0.15) is 0 Å². The van der Waals surface area contributed by atoms with Gasteiger partial charge >= 0.3 is 0 Å². The van der Waals surface area contributed by atoms with Gasteiger partial charge in [0.05, 0.1) is 4.92 Å². The number of nitro benzene ring substituents is 1. The van der Waals surface area contributed by atoms with Gasteiger partial charge in [-0.25, -0.2) is 0 Å². The summed E-state index contributed by atoms with van der Waals surface area (Å²) in [6, 6.07) is 6.70. The van der Waals surface area contributed by atoms with Crippen LogP contribution in [0.5, 0.6) is 0 Å². The van der Waals surface area contributed by atoms with Crippen molar-refractivity contribution in [2.45, 2.75) is 12.8 Å². The predicted molar refractivity (Wildman–Crippen MR) is 63.3 cm³/mol.